The Hall–Kier alpha value is -5.46. The number of rotatable bonds is 8. The number of nitrogens with one attached hydrogen (secondary N) is 6. The van der Waals surface area contributed by atoms with Gasteiger partial charge in [-0.15, -0.1) is 23.5 Å². The van der Waals surface area contributed by atoms with Crippen LogP contribution in [-0.2, 0) is 38.2 Å². The van der Waals surface area contributed by atoms with Gasteiger partial charge in [0, 0.05) is 22.6 Å². The van der Waals surface area contributed by atoms with Crippen LogP contribution >= 0.6 is 46.2 Å². The molecule has 3 aliphatic heterocycles. The molecule has 2 unspecified atom stereocenters. The van der Waals surface area contributed by atoms with E-state index < -0.39 is 77.8 Å². The first-order chi connectivity index (χ1) is 33.4. The minimum atomic E-state index is -1.12. The molecule has 3 aliphatic rings. The second-order valence-electron chi connectivity index (χ2n) is 16.3. The third kappa shape index (κ3) is 12.7. The zero-order chi connectivity index (χ0) is 49.0. The second-order valence-corrected chi connectivity index (χ2v) is 20.2. The topological polar surface area (TPSA) is 225 Å². The highest BCUT2D eigenvalue weighted by molar-refractivity contribution is 7.99. The summed E-state index contributed by atoms with van der Waals surface area (Å²) in [6.45, 7) is 5.07. The van der Waals surface area contributed by atoms with Gasteiger partial charge in [-0.05, 0) is 34.9 Å². The van der Waals surface area contributed by atoms with Crippen molar-refractivity contribution in [2.45, 2.75) is 63.1 Å². The van der Waals surface area contributed by atoms with Crippen LogP contribution in [0.2, 0.25) is 0 Å². The summed E-state index contributed by atoms with van der Waals surface area (Å²) in [6, 6.07) is 13.5. The summed E-state index contributed by atoms with van der Waals surface area (Å²) in [6.07, 6.45) is 6.12. The van der Waals surface area contributed by atoms with Gasteiger partial charge >= 0.3 is 0 Å². The van der Waals surface area contributed by atoms with E-state index in [0.29, 0.717) is 42.9 Å². The average Bonchev–Trinajstić information content (AvgIpc) is 4.21. The van der Waals surface area contributed by atoms with Gasteiger partial charge in [0.15, 0.2) is 10.0 Å². The first kappa shape index (κ1) is 51.4. The van der Waals surface area contributed by atoms with E-state index in [2.05, 4.69) is 31.9 Å². The molecule has 4 bridgehead atoms. The molecular weight excluding hydrogens is 961 g/mol. The highest BCUT2D eigenvalue weighted by Gasteiger charge is 2.42. The number of allylic oxidation sites excluding steroid dienone is 2. The van der Waals surface area contributed by atoms with Gasteiger partial charge in [-0.1, -0.05) is 108 Å². The number of thiazole rings is 2. The number of ether oxygens (including phenoxy) is 2. The highest BCUT2D eigenvalue weighted by Crippen LogP contribution is 2.44. The highest BCUT2D eigenvalue weighted by atomic mass is 32.2. The van der Waals surface area contributed by atoms with E-state index in [1.807, 2.05) is 60.7 Å². The van der Waals surface area contributed by atoms with Gasteiger partial charge in [-0.3, -0.25) is 28.8 Å². The molecule has 5 heterocycles. The Morgan fingerprint density at radius 3 is 1.68 bits per heavy atom. The van der Waals surface area contributed by atoms with Crippen LogP contribution in [0, 0.1) is 0 Å². The van der Waals surface area contributed by atoms with E-state index in [0.717, 1.165) is 11.1 Å². The van der Waals surface area contributed by atoms with E-state index >= 15 is 0 Å². The molecule has 0 saturated carbocycles. The molecule has 0 aliphatic carbocycles. The Morgan fingerprint density at radius 2 is 1.17 bits per heavy atom. The Labute approximate surface area is 417 Å². The SMILES string of the molecule is CN[C@@H](C)C(=O)NC1C(=O)N2CSC[C@H]2C(=O)Nc2sc(nc2-c2ccccc2)-c2nc(-c3ccccc3)c(s2)NC(=O)C2CSCN2C(=O)[C@@H](NC(=O)[C@H](C)NC)COC/C=C/C=C\CO[C@@H]1C. The molecule has 2 aromatic carbocycles. The van der Waals surface area contributed by atoms with Crippen LogP contribution in [-0.4, -0.2) is 155 Å². The quantitative estimate of drug-likeness (QED) is 0.147. The van der Waals surface area contributed by atoms with Gasteiger partial charge in [0.25, 0.3) is 0 Å². The number of likely N-dealkylation sites (N-methyl/N-ethyl adjacent to an activating group) is 2. The molecule has 0 spiro atoms. The third-order valence-electron chi connectivity index (χ3n) is 11.6. The molecule has 6 N–H and O–H groups in total. The van der Waals surface area contributed by atoms with E-state index in [-0.39, 0.29) is 31.6 Å². The Balaban J connectivity index is 1.26. The van der Waals surface area contributed by atoms with Gasteiger partial charge in [0.05, 0.1) is 49.8 Å². The maximum atomic E-state index is 14.5. The molecule has 6 amide bonds. The Bertz CT molecular complexity index is 2520. The normalized spacial score (nSPS) is 23.9. The van der Waals surface area contributed by atoms with Crippen LogP contribution in [0.15, 0.2) is 85.0 Å². The molecular formula is C47H56N10O8S4. The fourth-order valence-corrected chi connectivity index (χ4v) is 11.6. The summed E-state index contributed by atoms with van der Waals surface area (Å²) in [4.78, 5) is 96.9. The largest absolute Gasteiger partial charge is 0.375 e. The van der Waals surface area contributed by atoms with Crippen molar-refractivity contribution < 1.29 is 38.2 Å². The third-order valence-corrected chi connectivity index (χ3v) is 15.7. The summed E-state index contributed by atoms with van der Waals surface area (Å²) < 4.78 is 12.0. The summed E-state index contributed by atoms with van der Waals surface area (Å²) >= 11 is 5.27. The van der Waals surface area contributed by atoms with Crippen molar-refractivity contribution >= 4 is 91.6 Å². The molecule has 2 aromatic heterocycles. The predicted octanol–water partition coefficient (Wildman–Crippen LogP) is 4.01. The van der Waals surface area contributed by atoms with Crippen molar-refractivity contribution in [2.24, 2.45) is 0 Å². The van der Waals surface area contributed by atoms with Crippen molar-refractivity contribution in [2.75, 3.05) is 67.8 Å². The van der Waals surface area contributed by atoms with E-state index in [9.17, 15) is 28.8 Å². The maximum absolute atomic E-state index is 14.5. The molecule has 2 saturated heterocycles. The van der Waals surface area contributed by atoms with Crippen molar-refractivity contribution in [3.63, 3.8) is 0 Å². The summed E-state index contributed by atoms with van der Waals surface area (Å²) in [5.41, 5.74) is 2.44. The fraction of sp³-hybridized carbons (Fsp3) is 0.404. The zero-order valence-electron chi connectivity index (χ0n) is 38.8. The summed E-state index contributed by atoms with van der Waals surface area (Å²) in [5, 5.41) is 19.4. The first-order valence-electron chi connectivity index (χ1n) is 22.4. The fourth-order valence-electron chi connectivity index (χ4n) is 7.32. The van der Waals surface area contributed by atoms with Gasteiger partial charge in [-0.25, -0.2) is 9.97 Å². The molecule has 18 nitrogen and oxygen atoms in total. The summed E-state index contributed by atoms with van der Waals surface area (Å²) in [5.74, 6) is -1.54. The predicted molar refractivity (Wildman–Crippen MR) is 273 cm³/mol. The minimum absolute atomic E-state index is 0.0878. The number of anilines is 2. The van der Waals surface area contributed by atoms with Crippen LogP contribution in [0.25, 0.3) is 32.5 Å². The first-order valence-corrected chi connectivity index (χ1v) is 26.3. The lowest BCUT2D eigenvalue weighted by Crippen LogP contribution is -2.59. The molecule has 22 heteroatoms. The summed E-state index contributed by atoms with van der Waals surface area (Å²) in [7, 11) is 3.28. The molecule has 366 valence electrons. The number of hydrogen-bond donors (Lipinski definition) is 6. The van der Waals surface area contributed by atoms with Crippen LogP contribution in [0.3, 0.4) is 0 Å². The van der Waals surface area contributed by atoms with Crippen molar-refractivity contribution in [3.05, 3.63) is 85.0 Å². The van der Waals surface area contributed by atoms with E-state index in [1.54, 1.807) is 59.2 Å². The number of nitrogens with zero attached hydrogens (tertiary/aromatic N) is 4. The van der Waals surface area contributed by atoms with E-state index in [4.69, 9.17) is 19.4 Å². The number of amides is 6. The minimum Gasteiger partial charge on any atom is -0.375 e. The smallest absolute Gasteiger partial charge is 0.249 e. The molecule has 4 aromatic rings. The molecule has 7 rings (SSSR count). The van der Waals surface area contributed by atoms with Crippen molar-refractivity contribution in [1.82, 2.24) is 41.0 Å². The van der Waals surface area contributed by atoms with Crippen LogP contribution in [0.1, 0.15) is 20.8 Å². The molecule has 0 radical (unpaired) electrons. The molecule has 69 heavy (non-hydrogen) atoms. The van der Waals surface area contributed by atoms with Gasteiger partial charge < -0.3 is 51.2 Å². The number of benzene rings is 2. The van der Waals surface area contributed by atoms with Crippen molar-refractivity contribution in [3.8, 4) is 32.5 Å². The number of fused-ring (bicyclic) bond motifs is 7. The Morgan fingerprint density at radius 1 is 0.696 bits per heavy atom. The Kier molecular flexibility index (Phi) is 18.2. The number of thioether (sulfide) groups is 2. The van der Waals surface area contributed by atoms with E-state index in [1.165, 1.54) is 56.0 Å². The lowest BCUT2D eigenvalue weighted by molar-refractivity contribution is -0.143. The van der Waals surface area contributed by atoms with Gasteiger partial charge in [0.2, 0.25) is 35.4 Å². The molecule has 7 atom stereocenters. The van der Waals surface area contributed by atoms with Crippen LogP contribution in [0.4, 0.5) is 10.0 Å². The van der Waals surface area contributed by atoms with Crippen molar-refractivity contribution in [1.29, 1.82) is 0 Å². The second kappa shape index (κ2) is 24.4. The standard InChI is InChI=1S/C47H56N10O8S4/c1-27(48-4)38(58)50-32-22-64-20-14-6-7-15-21-65-29(3)35(51-39(59)28(2)49-5)47(63)57-26-67-24-34(57)41(61)55-43-37(31-18-12-9-13-19-31)53-45(69-43)44-52-36(30-16-10-8-11-17-30)42(68-44)54-40(60)33-23-66-25-56(33)46(32)62/h6-19,27-29,32-35,48-49H,20-26H2,1-5H3,(H,50,58)(H,51,59)(H,54,60)(H,55,61)/b14-6+,15-7-/t27-,28-,29+,32-,33?,34-,35?/m0/s1. The maximum Gasteiger partial charge on any atom is 0.249 e. The van der Waals surface area contributed by atoms with Gasteiger partial charge in [0.1, 0.15) is 45.6 Å². The average molecular weight is 1020 g/mol. The monoisotopic (exact) mass is 1020 g/mol. The lowest BCUT2D eigenvalue weighted by Gasteiger charge is -2.31. The van der Waals surface area contributed by atoms with Crippen LogP contribution < -0.4 is 31.9 Å². The number of carbonyl (C=O) groups excluding carboxylic acids is 6. The van der Waals surface area contributed by atoms with Crippen LogP contribution in [0.5, 0.6) is 0 Å². The lowest BCUT2D eigenvalue weighted by atomic mass is 10.1. The number of carbonyl (C=O) groups is 6. The molecule has 2 fully saturated rings. The van der Waals surface area contributed by atoms with Gasteiger partial charge in [-0.2, -0.15) is 0 Å². The number of aromatic nitrogens is 2. The zero-order valence-corrected chi connectivity index (χ0v) is 42.0. The number of hydrogen-bond acceptors (Lipinski definition) is 16.